The summed E-state index contributed by atoms with van der Waals surface area (Å²) in [5, 5.41) is 30.5. The molecule has 13 heavy (non-hydrogen) atoms. The maximum absolute atomic E-state index is 9.12. The lowest BCUT2D eigenvalue weighted by Gasteiger charge is -1.72. The van der Waals surface area contributed by atoms with Crippen LogP contribution < -0.4 is 11.5 Å². The van der Waals surface area contributed by atoms with E-state index in [2.05, 4.69) is 0 Å². The quantitative estimate of drug-likeness (QED) is 0.282. The van der Waals surface area contributed by atoms with Gasteiger partial charge in [0.15, 0.2) is 0 Å². The van der Waals surface area contributed by atoms with Gasteiger partial charge in [0.2, 0.25) is 0 Å². The molecule has 0 rings (SSSR count). The second kappa shape index (κ2) is 22.5. The number of aliphatic hydroxyl groups excluding tert-OH is 3. The van der Waals surface area contributed by atoms with E-state index in [9.17, 15) is 0 Å². The molecular formula is C6H18N2O5. The van der Waals surface area contributed by atoms with E-state index >= 15 is 0 Å². The number of aliphatic carboxylic acids is 1. The normalized spacial score (nSPS) is 7.46. The van der Waals surface area contributed by atoms with Gasteiger partial charge in [-0.05, 0) is 0 Å². The summed E-state index contributed by atoms with van der Waals surface area (Å²) in [5.41, 5.74) is 9.56. The van der Waals surface area contributed by atoms with Crippen LogP contribution in [-0.4, -0.2) is 59.3 Å². The third kappa shape index (κ3) is 90.6. The van der Waals surface area contributed by atoms with Crippen molar-refractivity contribution in [3.63, 3.8) is 0 Å². The molecule has 7 nitrogen and oxygen atoms in total. The molecule has 0 bridgehead atoms. The summed E-state index contributed by atoms with van der Waals surface area (Å²) in [6.45, 7) is 0.167. The maximum atomic E-state index is 9.12. The van der Waals surface area contributed by atoms with Crippen molar-refractivity contribution in [1.82, 2.24) is 0 Å². The van der Waals surface area contributed by atoms with E-state index in [0.717, 1.165) is 0 Å². The van der Waals surface area contributed by atoms with Crippen LogP contribution in [0.15, 0.2) is 0 Å². The van der Waals surface area contributed by atoms with Crippen LogP contribution in [0.25, 0.3) is 0 Å². The number of carboxylic acid groups (broad SMARTS) is 1. The predicted molar refractivity (Wildman–Crippen MR) is 47.0 cm³/mol. The number of rotatable bonds is 3. The molecule has 0 saturated carbocycles. The Morgan fingerprint density at radius 1 is 1.00 bits per heavy atom. The molecule has 0 aliphatic rings. The lowest BCUT2D eigenvalue weighted by molar-refractivity contribution is -0.140. The molecule has 0 aromatic heterocycles. The van der Waals surface area contributed by atoms with Crippen molar-refractivity contribution >= 4 is 5.97 Å². The third-order valence-corrected chi connectivity index (χ3v) is 0.393. The van der Waals surface area contributed by atoms with E-state index in [1.165, 1.54) is 0 Å². The molecule has 0 aliphatic heterocycles. The zero-order valence-corrected chi connectivity index (χ0v) is 7.39. The minimum absolute atomic E-state index is 0.0972. The van der Waals surface area contributed by atoms with Crippen molar-refractivity contribution < 1.29 is 25.2 Å². The molecule has 0 radical (unpaired) electrons. The highest BCUT2D eigenvalue weighted by Crippen LogP contribution is 1.48. The average molecular weight is 198 g/mol. The maximum Gasteiger partial charge on any atom is 0.329 e. The summed E-state index contributed by atoms with van der Waals surface area (Å²) in [6, 6.07) is 0. The van der Waals surface area contributed by atoms with Gasteiger partial charge in [0.1, 0.15) is 6.61 Å². The molecule has 0 aromatic rings. The van der Waals surface area contributed by atoms with E-state index in [-0.39, 0.29) is 13.2 Å². The van der Waals surface area contributed by atoms with Gasteiger partial charge < -0.3 is 31.9 Å². The first-order valence-electron chi connectivity index (χ1n) is 3.55. The molecule has 0 heterocycles. The van der Waals surface area contributed by atoms with Crippen LogP contribution in [0.1, 0.15) is 0 Å². The molecule has 0 aliphatic carbocycles. The van der Waals surface area contributed by atoms with Gasteiger partial charge >= 0.3 is 5.97 Å². The van der Waals surface area contributed by atoms with E-state index in [1.807, 2.05) is 0 Å². The number of aliphatic hydroxyl groups is 3. The van der Waals surface area contributed by atoms with Gasteiger partial charge in [0.05, 0.1) is 13.2 Å². The van der Waals surface area contributed by atoms with Crippen LogP contribution in [0.5, 0.6) is 0 Å². The summed E-state index contributed by atoms with van der Waals surface area (Å²) < 4.78 is 0. The topological polar surface area (TPSA) is 150 Å². The van der Waals surface area contributed by atoms with Crippen molar-refractivity contribution in [2.75, 3.05) is 32.9 Å². The first-order chi connectivity index (χ1) is 6.10. The molecule has 0 unspecified atom stereocenters. The Labute approximate surface area is 76.6 Å². The van der Waals surface area contributed by atoms with Gasteiger partial charge in [-0.15, -0.1) is 0 Å². The van der Waals surface area contributed by atoms with Gasteiger partial charge in [-0.3, -0.25) is 0 Å². The van der Waals surface area contributed by atoms with Gasteiger partial charge in [0.25, 0.3) is 0 Å². The molecule has 8 N–H and O–H groups in total. The fourth-order valence-electron chi connectivity index (χ4n) is 0. The summed E-state index contributed by atoms with van der Waals surface area (Å²) in [5.74, 6) is -1.19. The molecule has 7 heteroatoms. The summed E-state index contributed by atoms with van der Waals surface area (Å²) in [6.07, 6.45) is 0. The number of carbonyl (C=O) groups is 1. The molecule has 0 spiro atoms. The zero-order chi connectivity index (χ0) is 11.1. The standard InChI is InChI=1S/2C2H7NO.C2H4O3/c2*3-1-2-4;3-1-2(4)5/h2*4H,1-3H2;3H,1H2,(H,4,5). The van der Waals surface area contributed by atoms with Gasteiger partial charge in [-0.1, -0.05) is 0 Å². The van der Waals surface area contributed by atoms with Crippen LogP contribution in [-0.2, 0) is 4.79 Å². The largest absolute Gasteiger partial charge is 0.480 e. The Balaban J connectivity index is -0.000000117. The Bertz CT molecular complexity index is 83.1. The van der Waals surface area contributed by atoms with Crippen LogP contribution >= 0.6 is 0 Å². The molecule has 0 atom stereocenters. The van der Waals surface area contributed by atoms with Crippen molar-refractivity contribution in [2.24, 2.45) is 11.5 Å². The molecule has 0 amide bonds. The van der Waals surface area contributed by atoms with Crippen LogP contribution in [0.2, 0.25) is 0 Å². The van der Waals surface area contributed by atoms with E-state index in [4.69, 9.17) is 36.7 Å². The minimum atomic E-state index is -1.19. The van der Waals surface area contributed by atoms with Gasteiger partial charge in [-0.25, -0.2) is 4.79 Å². The summed E-state index contributed by atoms with van der Waals surface area (Å²) >= 11 is 0. The van der Waals surface area contributed by atoms with Gasteiger partial charge in [-0.2, -0.15) is 0 Å². The number of hydrogen-bond donors (Lipinski definition) is 6. The molecule has 0 aromatic carbocycles. The smallest absolute Gasteiger partial charge is 0.329 e. The third-order valence-electron chi connectivity index (χ3n) is 0.393. The molecule has 0 saturated heterocycles. The Morgan fingerprint density at radius 2 is 1.15 bits per heavy atom. The Hall–Kier alpha value is -0.730. The van der Waals surface area contributed by atoms with E-state index in [0.29, 0.717) is 13.1 Å². The number of carboxylic acids is 1. The van der Waals surface area contributed by atoms with Crippen LogP contribution in [0.3, 0.4) is 0 Å². The van der Waals surface area contributed by atoms with Gasteiger partial charge in [0, 0.05) is 13.1 Å². The first-order valence-corrected chi connectivity index (χ1v) is 3.55. The molecule has 82 valence electrons. The van der Waals surface area contributed by atoms with Crippen molar-refractivity contribution in [1.29, 1.82) is 0 Å². The first kappa shape index (κ1) is 18.1. The zero-order valence-electron chi connectivity index (χ0n) is 7.39. The molecule has 0 fully saturated rings. The van der Waals surface area contributed by atoms with Crippen molar-refractivity contribution in [3.05, 3.63) is 0 Å². The predicted octanol–water partition coefficient (Wildman–Crippen LogP) is -3.06. The second-order valence-electron chi connectivity index (χ2n) is 1.58. The lowest BCUT2D eigenvalue weighted by Crippen LogP contribution is -2.02. The SMILES string of the molecule is NCCO.NCCO.O=C(O)CO. The highest BCUT2D eigenvalue weighted by Gasteiger charge is 1.82. The summed E-state index contributed by atoms with van der Waals surface area (Å²) in [4.78, 5) is 9.12. The Kier molecular flexibility index (Phi) is 31.4. The van der Waals surface area contributed by atoms with E-state index < -0.39 is 12.6 Å². The van der Waals surface area contributed by atoms with Crippen molar-refractivity contribution in [3.8, 4) is 0 Å². The fourth-order valence-corrected chi connectivity index (χ4v) is 0. The van der Waals surface area contributed by atoms with Crippen molar-refractivity contribution in [2.45, 2.75) is 0 Å². The molecular weight excluding hydrogens is 180 g/mol. The number of hydrogen-bond acceptors (Lipinski definition) is 6. The fraction of sp³-hybridized carbons (Fsp3) is 0.833. The highest BCUT2D eigenvalue weighted by atomic mass is 16.4. The summed E-state index contributed by atoms with van der Waals surface area (Å²) in [7, 11) is 0. The van der Waals surface area contributed by atoms with Crippen LogP contribution in [0.4, 0.5) is 0 Å². The van der Waals surface area contributed by atoms with Crippen LogP contribution in [0, 0.1) is 0 Å². The Morgan fingerprint density at radius 3 is 1.15 bits per heavy atom. The average Bonchev–Trinajstić information content (AvgIpc) is 2.18. The number of nitrogens with two attached hydrogens (primary N) is 2. The minimum Gasteiger partial charge on any atom is -0.480 e. The second-order valence-corrected chi connectivity index (χ2v) is 1.58. The monoisotopic (exact) mass is 198 g/mol. The highest BCUT2D eigenvalue weighted by molar-refractivity contribution is 5.67. The lowest BCUT2D eigenvalue weighted by atomic mass is 10.8. The van der Waals surface area contributed by atoms with E-state index in [1.54, 1.807) is 0 Å².